The monoisotopic (exact) mass is 314 g/mol. The number of nitrogens with one attached hydrogen (secondary N) is 1. The van der Waals surface area contributed by atoms with Crippen LogP contribution in [0.1, 0.15) is 18.4 Å². The molecule has 6 heteroatoms. The van der Waals surface area contributed by atoms with Gasteiger partial charge in [-0.2, -0.15) is 0 Å². The zero-order valence-electron chi connectivity index (χ0n) is 12.8. The highest BCUT2D eigenvalue weighted by Crippen LogP contribution is 2.23. The Morgan fingerprint density at radius 3 is 2.74 bits per heavy atom. The van der Waals surface area contributed by atoms with Gasteiger partial charge in [0.25, 0.3) is 0 Å². The zero-order chi connectivity index (χ0) is 16.1. The van der Waals surface area contributed by atoms with Crippen LogP contribution in [0.15, 0.2) is 42.9 Å². The molecule has 0 unspecified atom stereocenters. The Labute approximate surface area is 134 Å². The maximum Gasteiger partial charge on any atom is 0.223 e. The summed E-state index contributed by atoms with van der Waals surface area (Å²) in [4.78, 5) is 22.3. The van der Waals surface area contributed by atoms with Crippen LogP contribution in [0.2, 0.25) is 0 Å². The molecule has 0 bridgehead atoms. The van der Waals surface area contributed by atoms with E-state index < -0.39 is 0 Å². The molecule has 120 valence electrons. The van der Waals surface area contributed by atoms with Gasteiger partial charge < -0.3 is 10.2 Å². The Morgan fingerprint density at radius 2 is 2.04 bits per heavy atom. The molecule has 1 fully saturated rings. The summed E-state index contributed by atoms with van der Waals surface area (Å²) in [6, 6.07) is 6.77. The maximum absolute atomic E-state index is 13.7. The average Bonchev–Trinajstić information content (AvgIpc) is 2.61. The first kappa shape index (κ1) is 15.4. The van der Waals surface area contributed by atoms with Crippen molar-refractivity contribution in [2.24, 2.45) is 5.92 Å². The Kier molecular flexibility index (Phi) is 4.80. The third kappa shape index (κ3) is 3.83. The number of piperidine rings is 1. The number of carbonyl (C=O) groups excluding carboxylic acids is 1. The second kappa shape index (κ2) is 7.17. The fourth-order valence-corrected chi connectivity index (χ4v) is 2.80. The van der Waals surface area contributed by atoms with Crippen molar-refractivity contribution in [3.8, 4) is 0 Å². The van der Waals surface area contributed by atoms with E-state index in [0.29, 0.717) is 38.3 Å². The van der Waals surface area contributed by atoms with Crippen molar-refractivity contribution in [1.29, 1.82) is 0 Å². The quantitative estimate of drug-likeness (QED) is 0.939. The molecule has 2 aromatic rings. The molecule has 3 heterocycles. The van der Waals surface area contributed by atoms with Gasteiger partial charge in [-0.25, -0.2) is 9.37 Å². The highest BCUT2D eigenvalue weighted by Gasteiger charge is 2.26. The maximum atomic E-state index is 13.7. The largest absolute Gasteiger partial charge is 0.354 e. The molecular weight excluding hydrogens is 295 g/mol. The highest BCUT2D eigenvalue weighted by molar-refractivity contribution is 5.78. The van der Waals surface area contributed by atoms with Crippen LogP contribution in [0.3, 0.4) is 0 Å². The Bertz CT molecular complexity index is 657. The first-order chi connectivity index (χ1) is 11.2. The molecule has 1 N–H and O–H groups in total. The molecule has 5 nitrogen and oxygen atoms in total. The average molecular weight is 314 g/mol. The van der Waals surface area contributed by atoms with E-state index in [0.717, 1.165) is 5.56 Å². The van der Waals surface area contributed by atoms with Crippen LogP contribution in [0, 0.1) is 11.7 Å². The summed E-state index contributed by atoms with van der Waals surface area (Å²) < 4.78 is 13.7. The second-order valence-electron chi connectivity index (χ2n) is 5.65. The minimum absolute atomic E-state index is 0.0327. The molecule has 0 atom stereocenters. The fourth-order valence-electron chi connectivity index (χ4n) is 2.80. The summed E-state index contributed by atoms with van der Waals surface area (Å²) in [5.74, 6) is 0.0818. The van der Waals surface area contributed by atoms with Gasteiger partial charge in [-0.1, -0.05) is 6.07 Å². The van der Waals surface area contributed by atoms with Gasteiger partial charge in [0.15, 0.2) is 11.6 Å². The number of pyridine rings is 2. The summed E-state index contributed by atoms with van der Waals surface area (Å²) in [5.41, 5.74) is 0.980. The Morgan fingerprint density at radius 1 is 1.26 bits per heavy atom. The van der Waals surface area contributed by atoms with E-state index in [1.165, 1.54) is 6.07 Å². The molecule has 3 rings (SSSR count). The normalized spacial score (nSPS) is 15.4. The standard InChI is InChI=1S/C17H19FN4O/c18-15-4-2-8-20-16(15)22-9-5-14(6-10-22)17(23)21-12-13-3-1-7-19-11-13/h1-4,7-8,11,14H,5-6,9-10,12H2,(H,21,23). The molecule has 23 heavy (non-hydrogen) atoms. The van der Waals surface area contributed by atoms with Gasteiger partial charge in [-0.05, 0) is 36.6 Å². The van der Waals surface area contributed by atoms with Crippen molar-refractivity contribution in [3.63, 3.8) is 0 Å². The summed E-state index contributed by atoms with van der Waals surface area (Å²) in [7, 11) is 0. The number of nitrogens with zero attached hydrogens (tertiary/aromatic N) is 3. The van der Waals surface area contributed by atoms with Gasteiger partial charge in [-0.15, -0.1) is 0 Å². The Balaban J connectivity index is 1.50. The summed E-state index contributed by atoms with van der Waals surface area (Å²) >= 11 is 0. The van der Waals surface area contributed by atoms with Crippen molar-refractivity contribution in [3.05, 3.63) is 54.2 Å². The number of rotatable bonds is 4. The third-order valence-electron chi connectivity index (χ3n) is 4.09. The summed E-state index contributed by atoms with van der Waals surface area (Å²) in [6.07, 6.45) is 6.44. The number of halogens is 1. The van der Waals surface area contributed by atoms with Crippen LogP contribution in [0.4, 0.5) is 10.2 Å². The lowest BCUT2D eigenvalue weighted by Gasteiger charge is -2.32. The van der Waals surface area contributed by atoms with E-state index in [1.54, 1.807) is 24.7 Å². The minimum atomic E-state index is -0.313. The molecular formula is C17H19FN4O. The number of hydrogen-bond acceptors (Lipinski definition) is 4. The fraction of sp³-hybridized carbons (Fsp3) is 0.353. The lowest BCUT2D eigenvalue weighted by atomic mass is 9.96. The predicted molar refractivity (Wildman–Crippen MR) is 85.2 cm³/mol. The summed E-state index contributed by atoms with van der Waals surface area (Å²) in [5, 5.41) is 2.95. The number of hydrogen-bond donors (Lipinski definition) is 1. The van der Waals surface area contributed by atoms with E-state index in [1.807, 2.05) is 17.0 Å². The SMILES string of the molecule is O=C(NCc1cccnc1)C1CCN(c2ncccc2F)CC1. The number of aromatic nitrogens is 2. The highest BCUT2D eigenvalue weighted by atomic mass is 19.1. The molecule has 0 radical (unpaired) electrons. The van der Waals surface area contributed by atoms with Gasteiger partial charge in [0.2, 0.25) is 5.91 Å². The first-order valence-electron chi connectivity index (χ1n) is 7.76. The molecule has 1 aliphatic rings. The molecule has 0 saturated carbocycles. The third-order valence-corrected chi connectivity index (χ3v) is 4.09. The first-order valence-corrected chi connectivity index (χ1v) is 7.76. The van der Waals surface area contributed by atoms with E-state index in [9.17, 15) is 9.18 Å². The van der Waals surface area contributed by atoms with E-state index >= 15 is 0 Å². The van der Waals surface area contributed by atoms with Crippen LogP contribution >= 0.6 is 0 Å². The van der Waals surface area contributed by atoms with Crippen LogP contribution in [-0.4, -0.2) is 29.0 Å². The predicted octanol–water partition coefficient (Wildman–Crippen LogP) is 2.15. The minimum Gasteiger partial charge on any atom is -0.354 e. The van der Waals surface area contributed by atoms with Crippen molar-refractivity contribution >= 4 is 11.7 Å². The Hall–Kier alpha value is -2.50. The number of amides is 1. The smallest absolute Gasteiger partial charge is 0.223 e. The lowest BCUT2D eigenvalue weighted by Crippen LogP contribution is -2.41. The lowest BCUT2D eigenvalue weighted by molar-refractivity contribution is -0.125. The van der Waals surface area contributed by atoms with Crippen molar-refractivity contribution < 1.29 is 9.18 Å². The van der Waals surface area contributed by atoms with Crippen molar-refractivity contribution in [1.82, 2.24) is 15.3 Å². The molecule has 2 aromatic heterocycles. The van der Waals surface area contributed by atoms with Crippen LogP contribution in [0.5, 0.6) is 0 Å². The van der Waals surface area contributed by atoms with Crippen molar-refractivity contribution in [2.75, 3.05) is 18.0 Å². The number of anilines is 1. The zero-order valence-corrected chi connectivity index (χ0v) is 12.8. The molecule has 0 spiro atoms. The van der Waals surface area contributed by atoms with Gasteiger partial charge in [-0.3, -0.25) is 9.78 Å². The van der Waals surface area contributed by atoms with Gasteiger partial charge in [0, 0.05) is 44.1 Å². The molecule has 0 aliphatic carbocycles. The molecule has 0 aromatic carbocycles. The summed E-state index contributed by atoms with van der Waals surface area (Å²) in [6.45, 7) is 1.76. The van der Waals surface area contributed by atoms with Crippen molar-refractivity contribution in [2.45, 2.75) is 19.4 Å². The van der Waals surface area contributed by atoms with E-state index in [-0.39, 0.29) is 17.6 Å². The van der Waals surface area contributed by atoms with E-state index in [2.05, 4.69) is 15.3 Å². The number of carbonyl (C=O) groups is 1. The van der Waals surface area contributed by atoms with Crippen LogP contribution in [-0.2, 0) is 11.3 Å². The molecule has 1 amide bonds. The van der Waals surface area contributed by atoms with Crippen LogP contribution < -0.4 is 10.2 Å². The topological polar surface area (TPSA) is 58.1 Å². The van der Waals surface area contributed by atoms with Crippen LogP contribution in [0.25, 0.3) is 0 Å². The van der Waals surface area contributed by atoms with Gasteiger partial charge in [0.05, 0.1) is 0 Å². The van der Waals surface area contributed by atoms with Gasteiger partial charge >= 0.3 is 0 Å². The molecule has 1 saturated heterocycles. The van der Waals surface area contributed by atoms with Gasteiger partial charge in [0.1, 0.15) is 0 Å². The molecule has 1 aliphatic heterocycles. The van der Waals surface area contributed by atoms with E-state index in [4.69, 9.17) is 0 Å². The second-order valence-corrected chi connectivity index (χ2v) is 5.65.